The van der Waals surface area contributed by atoms with Crippen LogP contribution >= 0.6 is 0 Å². The number of nitriles is 1. The van der Waals surface area contributed by atoms with E-state index in [1.807, 2.05) is 6.07 Å². The first-order valence-electron chi connectivity index (χ1n) is 8.68. The van der Waals surface area contributed by atoms with Crippen molar-refractivity contribution in [1.29, 1.82) is 5.26 Å². The van der Waals surface area contributed by atoms with Crippen LogP contribution in [0.3, 0.4) is 0 Å². The summed E-state index contributed by atoms with van der Waals surface area (Å²) in [4.78, 5) is 40.4. The van der Waals surface area contributed by atoms with Gasteiger partial charge in [-0.3, -0.25) is 18.7 Å². The zero-order valence-corrected chi connectivity index (χ0v) is 15.6. The van der Waals surface area contributed by atoms with E-state index in [9.17, 15) is 14.4 Å². The van der Waals surface area contributed by atoms with Gasteiger partial charge in [-0.05, 0) is 24.1 Å². The predicted molar refractivity (Wildman–Crippen MR) is 100 cm³/mol. The number of imidazole rings is 1. The van der Waals surface area contributed by atoms with Gasteiger partial charge in [0.25, 0.3) is 5.56 Å². The van der Waals surface area contributed by atoms with Gasteiger partial charge in [0.2, 0.25) is 0 Å². The first-order chi connectivity index (χ1) is 13.4. The predicted octanol–water partition coefficient (Wildman–Crippen LogP) is 0.829. The Balaban J connectivity index is 1.59. The van der Waals surface area contributed by atoms with Crippen molar-refractivity contribution < 1.29 is 9.53 Å². The number of benzene rings is 1. The molecule has 2 aromatic heterocycles. The molecule has 0 saturated carbocycles. The van der Waals surface area contributed by atoms with E-state index in [0.717, 1.165) is 10.1 Å². The van der Waals surface area contributed by atoms with Crippen LogP contribution in [0, 0.1) is 11.3 Å². The third-order valence-corrected chi connectivity index (χ3v) is 4.48. The summed E-state index contributed by atoms with van der Waals surface area (Å²) in [6.07, 6.45) is 2.14. The summed E-state index contributed by atoms with van der Waals surface area (Å²) < 4.78 is 9.22. The summed E-state index contributed by atoms with van der Waals surface area (Å²) in [6, 6.07) is 8.84. The lowest BCUT2D eigenvalue weighted by atomic mass is 10.2. The lowest BCUT2D eigenvalue weighted by molar-refractivity contribution is -0.145. The Morgan fingerprint density at radius 2 is 1.89 bits per heavy atom. The van der Waals surface area contributed by atoms with Crippen LogP contribution in [0.5, 0.6) is 0 Å². The molecule has 3 rings (SSSR count). The minimum atomic E-state index is -0.436. The third-order valence-electron chi connectivity index (χ3n) is 4.48. The number of hydrogen-bond acceptors (Lipinski definition) is 6. The number of carbonyl (C=O) groups is 1. The number of hydrogen-bond donors (Lipinski definition) is 0. The van der Waals surface area contributed by atoms with Crippen LogP contribution in [-0.2, 0) is 36.8 Å². The molecule has 1 aromatic carbocycles. The van der Waals surface area contributed by atoms with Gasteiger partial charge in [-0.15, -0.1) is 0 Å². The van der Waals surface area contributed by atoms with E-state index < -0.39 is 11.2 Å². The van der Waals surface area contributed by atoms with Crippen LogP contribution in [-0.4, -0.2) is 24.7 Å². The summed E-state index contributed by atoms with van der Waals surface area (Å²) in [7, 11) is 2.98. The highest BCUT2D eigenvalue weighted by atomic mass is 16.5. The van der Waals surface area contributed by atoms with E-state index in [-0.39, 0.29) is 19.0 Å². The van der Waals surface area contributed by atoms with Crippen molar-refractivity contribution in [2.75, 3.05) is 0 Å². The molecule has 0 saturated heterocycles. The second-order valence-corrected chi connectivity index (χ2v) is 6.39. The molecule has 9 heteroatoms. The standard InChI is InChI=1S/C19H19N5O4/c1-22-17-16(18(26)23(2)19(22)27)24(12-21-17)9-3-4-15(25)28-11-14-7-5-13(10-20)6-8-14/h5-8,12H,3-4,9,11H2,1-2H3. The van der Waals surface area contributed by atoms with Gasteiger partial charge in [0, 0.05) is 27.1 Å². The van der Waals surface area contributed by atoms with E-state index in [1.165, 1.54) is 17.9 Å². The Labute approximate surface area is 160 Å². The van der Waals surface area contributed by atoms with Gasteiger partial charge in [0.1, 0.15) is 6.61 Å². The van der Waals surface area contributed by atoms with Crippen molar-refractivity contribution in [3.05, 3.63) is 62.6 Å². The molecule has 28 heavy (non-hydrogen) atoms. The molecule has 2 heterocycles. The third kappa shape index (κ3) is 3.71. The summed E-state index contributed by atoms with van der Waals surface area (Å²) >= 11 is 0. The monoisotopic (exact) mass is 381 g/mol. The minimum absolute atomic E-state index is 0.140. The highest BCUT2D eigenvalue weighted by molar-refractivity contribution is 5.70. The smallest absolute Gasteiger partial charge is 0.332 e. The van der Waals surface area contributed by atoms with E-state index >= 15 is 0 Å². The molecular formula is C19H19N5O4. The van der Waals surface area contributed by atoms with Crippen molar-refractivity contribution in [3.63, 3.8) is 0 Å². The van der Waals surface area contributed by atoms with Gasteiger partial charge in [-0.25, -0.2) is 9.78 Å². The number of aromatic nitrogens is 4. The average molecular weight is 381 g/mol. The van der Waals surface area contributed by atoms with Gasteiger partial charge >= 0.3 is 11.7 Å². The van der Waals surface area contributed by atoms with Crippen LogP contribution < -0.4 is 11.2 Å². The maximum absolute atomic E-state index is 12.4. The van der Waals surface area contributed by atoms with Crippen LogP contribution in [0.1, 0.15) is 24.0 Å². The largest absolute Gasteiger partial charge is 0.461 e. The highest BCUT2D eigenvalue weighted by Gasteiger charge is 2.14. The van der Waals surface area contributed by atoms with Crippen LogP contribution in [0.15, 0.2) is 40.2 Å². The van der Waals surface area contributed by atoms with Crippen molar-refractivity contribution in [3.8, 4) is 6.07 Å². The van der Waals surface area contributed by atoms with Crippen molar-refractivity contribution in [2.45, 2.75) is 26.0 Å². The summed E-state index contributed by atoms with van der Waals surface area (Å²) in [6.45, 7) is 0.539. The molecule has 0 amide bonds. The Hall–Kier alpha value is -3.67. The number of aryl methyl sites for hydroxylation is 2. The average Bonchev–Trinajstić information content (AvgIpc) is 3.13. The summed E-state index contributed by atoms with van der Waals surface area (Å²) in [5.74, 6) is -0.353. The summed E-state index contributed by atoms with van der Waals surface area (Å²) in [5, 5.41) is 8.77. The minimum Gasteiger partial charge on any atom is -0.461 e. The lowest BCUT2D eigenvalue weighted by Crippen LogP contribution is -2.37. The quantitative estimate of drug-likeness (QED) is 0.585. The molecule has 0 radical (unpaired) electrons. The molecule has 0 bridgehead atoms. The number of ether oxygens (including phenoxy) is 1. The molecule has 0 aliphatic heterocycles. The molecular weight excluding hydrogens is 362 g/mol. The molecule has 0 N–H and O–H groups in total. The molecule has 144 valence electrons. The Kier molecular flexibility index (Phi) is 5.40. The lowest BCUT2D eigenvalue weighted by Gasteiger charge is -2.07. The number of fused-ring (bicyclic) bond motifs is 1. The van der Waals surface area contributed by atoms with Crippen LogP contribution in [0.2, 0.25) is 0 Å². The molecule has 0 spiro atoms. The topological polar surface area (TPSA) is 112 Å². The van der Waals surface area contributed by atoms with Crippen LogP contribution in [0.25, 0.3) is 11.2 Å². The zero-order valence-electron chi connectivity index (χ0n) is 15.6. The van der Waals surface area contributed by atoms with E-state index in [2.05, 4.69) is 4.98 Å². The zero-order chi connectivity index (χ0) is 20.3. The van der Waals surface area contributed by atoms with Crippen molar-refractivity contribution in [1.82, 2.24) is 18.7 Å². The normalized spacial score (nSPS) is 10.8. The fraction of sp³-hybridized carbons (Fsp3) is 0.316. The molecule has 0 aliphatic rings. The number of rotatable bonds is 6. The number of nitrogens with zero attached hydrogens (tertiary/aromatic N) is 5. The highest BCUT2D eigenvalue weighted by Crippen LogP contribution is 2.09. The van der Waals surface area contributed by atoms with Gasteiger partial charge in [0.05, 0.1) is 18.0 Å². The Morgan fingerprint density at radius 3 is 2.57 bits per heavy atom. The Morgan fingerprint density at radius 1 is 1.18 bits per heavy atom. The fourth-order valence-corrected chi connectivity index (χ4v) is 2.87. The molecule has 9 nitrogen and oxygen atoms in total. The SMILES string of the molecule is Cn1c(=O)c2c(ncn2CCCC(=O)OCc2ccc(C#N)cc2)n(C)c1=O. The van der Waals surface area contributed by atoms with Crippen LogP contribution in [0.4, 0.5) is 0 Å². The fourth-order valence-electron chi connectivity index (χ4n) is 2.87. The van der Waals surface area contributed by atoms with E-state index in [0.29, 0.717) is 29.7 Å². The maximum atomic E-state index is 12.4. The second kappa shape index (κ2) is 7.92. The van der Waals surface area contributed by atoms with Gasteiger partial charge in [-0.1, -0.05) is 12.1 Å². The van der Waals surface area contributed by atoms with E-state index in [1.54, 1.807) is 35.9 Å². The summed E-state index contributed by atoms with van der Waals surface area (Å²) in [5.41, 5.74) is 1.14. The van der Waals surface area contributed by atoms with E-state index in [4.69, 9.17) is 10.00 Å². The second-order valence-electron chi connectivity index (χ2n) is 6.39. The van der Waals surface area contributed by atoms with Gasteiger partial charge in [-0.2, -0.15) is 5.26 Å². The first-order valence-corrected chi connectivity index (χ1v) is 8.68. The van der Waals surface area contributed by atoms with Gasteiger partial charge in [0.15, 0.2) is 11.2 Å². The molecule has 0 unspecified atom stereocenters. The molecule has 3 aromatic rings. The Bertz CT molecular complexity index is 1180. The number of esters is 1. The maximum Gasteiger partial charge on any atom is 0.332 e. The number of carbonyl (C=O) groups excluding carboxylic acids is 1. The van der Waals surface area contributed by atoms with Gasteiger partial charge < -0.3 is 9.30 Å². The molecule has 0 atom stereocenters. The van der Waals surface area contributed by atoms with Crippen molar-refractivity contribution in [2.24, 2.45) is 14.1 Å². The van der Waals surface area contributed by atoms with Crippen molar-refractivity contribution >= 4 is 17.1 Å². The first kappa shape index (κ1) is 19.1. The molecule has 0 aliphatic carbocycles. The molecule has 0 fully saturated rings.